The molecular weight excluding hydrogens is 343 g/mol. The van der Waals surface area contributed by atoms with Crippen molar-refractivity contribution >= 4 is 22.6 Å². The first kappa shape index (κ1) is 18.8. The molecule has 2 amide bonds. The number of benzene rings is 2. The third kappa shape index (κ3) is 6.11. The minimum atomic E-state index is -1.39. The molecule has 2 aromatic carbocycles. The van der Waals surface area contributed by atoms with Gasteiger partial charge in [-0.3, -0.25) is 24.6 Å². The van der Waals surface area contributed by atoms with E-state index in [1.807, 2.05) is 32.0 Å². The van der Waals surface area contributed by atoms with Crippen LogP contribution in [0.3, 0.4) is 0 Å². The number of nitrogens with one attached hydrogen (secondary N) is 2. The summed E-state index contributed by atoms with van der Waals surface area (Å²) < 4.78 is 24.9. The number of amides is 2. The van der Waals surface area contributed by atoms with Crippen LogP contribution in [0.4, 0.5) is 4.39 Å². The van der Waals surface area contributed by atoms with E-state index in [-0.39, 0.29) is 17.1 Å². The molecule has 2 aromatic rings. The van der Waals surface area contributed by atoms with Crippen molar-refractivity contribution in [2.24, 2.45) is 0 Å². The standard InChI is InChI=1S/C18H19FN2O3S/c1-12-7-13(2)9-14(8-12)10-25(24)11-17(22)20-21-18(23)15-3-5-16(19)6-4-15/h3-9H,10-11H2,1-2H3,(H,20,22)(H,21,23). The fourth-order valence-corrected chi connectivity index (χ4v) is 3.38. The highest BCUT2D eigenvalue weighted by Gasteiger charge is 2.11. The van der Waals surface area contributed by atoms with Crippen LogP contribution in [0.2, 0.25) is 0 Å². The molecule has 0 spiro atoms. The average molecular weight is 362 g/mol. The summed E-state index contributed by atoms with van der Waals surface area (Å²) >= 11 is 0. The van der Waals surface area contributed by atoms with Crippen LogP contribution in [0, 0.1) is 19.7 Å². The SMILES string of the molecule is Cc1cc(C)cc(CS(=O)CC(=O)NNC(=O)c2ccc(F)cc2)c1. The van der Waals surface area contributed by atoms with Gasteiger partial charge in [-0.25, -0.2) is 4.39 Å². The smallest absolute Gasteiger partial charge is 0.269 e. The lowest BCUT2D eigenvalue weighted by atomic mass is 10.1. The molecule has 0 radical (unpaired) electrons. The molecular formula is C18H19FN2O3S. The minimum Gasteiger partial charge on any atom is -0.272 e. The van der Waals surface area contributed by atoms with Crippen LogP contribution in [0.25, 0.3) is 0 Å². The molecule has 0 saturated heterocycles. The van der Waals surface area contributed by atoms with Crippen molar-refractivity contribution < 1.29 is 18.2 Å². The van der Waals surface area contributed by atoms with Crippen molar-refractivity contribution in [2.45, 2.75) is 19.6 Å². The van der Waals surface area contributed by atoms with Gasteiger partial charge in [0, 0.05) is 22.1 Å². The number of hydrogen-bond acceptors (Lipinski definition) is 3. The second-order valence-corrected chi connectivity index (χ2v) is 7.19. The van der Waals surface area contributed by atoms with Gasteiger partial charge < -0.3 is 0 Å². The van der Waals surface area contributed by atoms with Crippen molar-refractivity contribution in [3.63, 3.8) is 0 Å². The Morgan fingerprint density at radius 2 is 1.60 bits per heavy atom. The summed E-state index contributed by atoms with van der Waals surface area (Å²) in [5, 5.41) is 0. The number of rotatable bonds is 5. The van der Waals surface area contributed by atoms with Gasteiger partial charge in [0.1, 0.15) is 11.6 Å². The molecule has 0 bridgehead atoms. The summed E-state index contributed by atoms with van der Waals surface area (Å²) in [5.74, 6) is -1.55. The molecule has 0 aromatic heterocycles. The summed E-state index contributed by atoms with van der Waals surface area (Å²) in [5.41, 5.74) is 7.67. The maximum atomic E-state index is 12.8. The van der Waals surface area contributed by atoms with E-state index in [9.17, 15) is 18.2 Å². The van der Waals surface area contributed by atoms with E-state index in [0.717, 1.165) is 28.8 Å². The molecule has 0 saturated carbocycles. The fraction of sp³-hybridized carbons (Fsp3) is 0.222. The largest absolute Gasteiger partial charge is 0.272 e. The predicted molar refractivity (Wildman–Crippen MR) is 94.6 cm³/mol. The zero-order valence-corrected chi connectivity index (χ0v) is 14.8. The van der Waals surface area contributed by atoms with E-state index in [1.165, 1.54) is 12.1 Å². The van der Waals surface area contributed by atoms with Crippen LogP contribution >= 0.6 is 0 Å². The Hall–Kier alpha value is -2.54. The Morgan fingerprint density at radius 3 is 2.20 bits per heavy atom. The van der Waals surface area contributed by atoms with Crippen LogP contribution in [0.5, 0.6) is 0 Å². The molecule has 0 aliphatic heterocycles. The highest BCUT2D eigenvalue weighted by Crippen LogP contribution is 2.11. The Labute approximate surface area is 148 Å². The number of aryl methyl sites for hydroxylation is 2. The molecule has 132 valence electrons. The molecule has 1 atom stereocenters. The first-order chi connectivity index (χ1) is 11.8. The monoisotopic (exact) mass is 362 g/mol. The number of hydrogen-bond donors (Lipinski definition) is 2. The van der Waals surface area contributed by atoms with Gasteiger partial charge in [0.25, 0.3) is 11.8 Å². The second-order valence-electron chi connectivity index (χ2n) is 5.73. The Morgan fingerprint density at radius 1 is 1.00 bits per heavy atom. The number of carbonyl (C=O) groups is 2. The van der Waals surface area contributed by atoms with Crippen LogP contribution in [0.1, 0.15) is 27.0 Å². The van der Waals surface area contributed by atoms with Gasteiger partial charge in [-0.2, -0.15) is 0 Å². The lowest BCUT2D eigenvalue weighted by molar-refractivity contribution is -0.119. The first-order valence-electron chi connectivity index (χ1n) is 7.60. The van der Waals surface area contributed by atoms with Crippen molar-refractivity contribution in [3.8, 4) is 0 Å². The summed E-state index contributed by atoms with van der Waals surface area (Å²) in [4.78, 5) is 23.6. The van der Waals surface area contributed by atoms with E-state index in [4.69, 9.17) is 0 Å². The van der Waals surface area contributed by atoms with Gasteiger partial charge in [0.15, 0.2) is 0 Å². The van der Waals surface area contributed by atoms with Gasteiger partial charge >= 0.3 is 0 Å². The lowest BCUT2D eigenvalue weighted by Gasteiger charge is -2.08. The van der Waals surface area contributed by atoms with E-state index in [1.54, 1.807) is 0 Å². The van der Waals surface area contributed by atoms with E-state index < -0.39 is 28.4 Å². The van der Waals surface area contributed by atoms with Crippen LogP contribution in [-0.4, -0.2) is 21.8 Å². The zero-order valence-electron chi connectivity index (χ0n) is 14.0. The normalized spacial score (nSPS) is 11.6. The summed E-state index contributed by atoms with van der Waals surface area (Å²) in [6, 6.07) is 10.8. The zero-order chi connectivity index (χ0) is 18.4. The molecule has 2 N–H and O–H groups in total. The number of hydrazine groups is 1. The maximum Gasteiger partial charge on any atom is 0.269 e. The summed E-state index contributed by atoms with van der Waals surface area (Å²) in [6.07, 6.45) is 0. The minimum absolute atomic E-state index is 0.207. The molecule has 7 heteroatoms. The first-order valence-corrected chi connectivity index (χ1v) is 9.09. The third-order valence-electron chi connectivity index (χ3n) is 3.32. The molecule has 0 heterocycles. The Kier molecular flexibility index (Phi) is 6.41. The van der Waals surface area contributed by atoms with Gasteiger partial charge in [-0.1, -0.05) is 29.3 Å². The molecule has 0 aliphatic carbocycles. The quantitative estimate of drug-likeness (QED) is 0.801. The average Bonchev–Trinajstić information content (AvgIpc) is 2.52. The summed E-state index contributed by atoms with van der Waals surface area (Å²) in [7, 11) is -1.39. The summed E-state index contributed by atoms with van der Waals surface area (Å²) in [6.45, 7) is 3.91. The van der Waals surface area contributed by atoms with Crippen molar-refractivity contribution in [2.75, 3.05) is 5.75 Å². The van der Waals surface area contributed by atoms with Crippen LogP contribution < -0.4 is 10.9 Å². The van der Waals surface area contributed by atoms with Crippen molar-refractivity contribution in [1.29, 1.82) is 0 Å². The van der Waals surface area contributed by atoms with Gasteiger partial charge in [-0.15, -0.1) is 0 Å². The van der Waals surface area contributed by atoms with Crippen molar-refractivity contribution in [3.05, 3.63) is 70.5 Å². The maximum absolute atomic E-state index is 12.8. The third-order valence-corrected chi connectivity index (χ3v) is 4.56. The Bertz CT molecular complexity index is 786. The molecule has 5 nitrogen and oxygen atoms in total. The number of carbonyl (C=O) groups excluding carboxylic acids is 2. The highest BCUT2D eigenvalue weighted by molar-refractivity contribution is 7.84. The molecule has 0 aliphatic rings. The van der Waals surface area contributed by atoms with E-state index in [0.29, 0.717) is 0 Å². The van der Waals surface area contributed by atoms with Gasteiger partial charge in [0.05, 0.1) is 0 Å². The molecule has 0 fully saturated rings. The predicted octanol–water partition coefficient (Wildman–Crippen LogP) is 2.15. The molecule has 25 heavy (non-hydrogen) atoms. The fourth-order valence-electron chi connectivity index (χ4n) is 2.37. The van der Waals surface area contributed by atoms with E-state index >= 15 is 0 Å². The van der Waals surface area contributed by atoms with Crippen LogP contribution in [0.15, 0.2) is 42.5 Å². The topological polar surface area (TPSA) is 75.3 Å². The van der Waals surface area contributed by atoms with Crippen LogP contribution in [-0.2, 0) is 21.3 Å². The van der Waals surface area contributed by atoms with Gasteiger partial charge in [0.2, 0.25) is 0 Å². The lowest BCUT2D eigenvalue weighted by Crippen LogP contribution is -2.43. The second kappa shape index (κ2) is 8.53. The van der Waals surface area contributed by atoms with Gasteiger partial charge in [-0.05, 0) is 43.7 Å². The molecule has 1 unspecified atom stereocenters. The number of halogens is 1. The Balaban J connectivity index is 1.82. The highest BCUT2D eigenvalue weighted by atomic mass is 32.2. The van der Waals surface area contributed by atoms with Crippen molar-refractivity contribution in [1.82, 2.24) is 10.9 Å². The molecule has 2 rings (SSSR count). The van der Waals surface area contributed by atoms with E-state index in [2.05, 4.69) is 10.9 Å².